The van der Waals surface area contributed by atoms with Crippen LogP contribution in [0.15, 0.2) is 36.5 Å². The molecule has 0 N–H and O–H groups in total. The zero-order chi connectivity index (χ0) is 11.2. The minimum atomic E-state index is 0.700. The van der Waals surface area contributed by atoms with Gasteiger partial charge in [0.25, 0.3) is 0 Å². The van der Waals surface area contributed by atoms with Crippen LogP contribution in [0.2, 0.25) is 0 Å². The summed E-state index contributed by atoms with van der Waals surface area (Å²) in [5, 5.41) is 8.33. The second-order valence-corrected chi connectivity index (χ2v) is 3.41. The fourth-order valence-corrected chi connectivity index (χ4v) is 1.16. The molecule has 0 heterocycles. The van der Waals surface area contributed by atoms with Crippen molar-refractivity contribution in [3.63, 3.8) is 0 Å². The number of unbranched alkanes of at least 4 members (excludes halogenated alkanes) is 4. The van der Waals surface area contributed by atoms with E-state index < -0.39 is 0 Å². The van der Waals surface area contributed by atoms with Crippen LogP contribution in [0.4, 0.5) is 0 Å². The lowest BCUT2D eigenvalue weighted by molar-refractivity contribution is 0.700. The van der Waals surface area contributed by atoms with E-state index in [0.29, 0.717) is 6.42 Å². The third-order valence-electron chi connectivity index (χ3n) is 2.00. The van der Waals surface area contributed by atoms with E-state index in [9.17, 15) is 0 Å². The molecule has 0 saturated carbocycles. The molecule has 0 fully saturated rings. The maximum absolute atomic E-state index is 8.33. The minimum absolute atomic E-state index is 0.700. The first kappa shape index (κ1) is 13.7. The summed E-state index contributed by atoms with van der Waals surface area (Å²) in [7, 11) is 0. The Hall–Kier alpha value is -1.29. The molecule has 0 aromatic rings. The molecule has 0 aliphatic carbocycles. The van der Waals surface area contributed by atoms with Crippen LogP contribution in [-0.4, -0.2) is 0 Å². The maximum Gasteiger partial charge on any atom is 0.0621 e. The number of allylic oxidation sites excluding steroid dienone is 6. The van der Waals surface area contributed by atoms with E-state index in [0.717, 1.165) is 25.7 Å². The van der Waals surface area contributed by atoms with Crippen molar-refractivity contribution in [3.8, 4) is 6.07 Å². The molecule has 0 aromatic heterocycles. The van der Waals surface area contributed by atoms with Crippen LogP contribution in [0, 0.1) is 11.3 Å². The highest BCUT2D eigenvalue weighted by Crippen LogP contribution is 2.02. The van der Waals surface area contributed by atoms with Crippen LogP contribution in [-0.2, 0) is 0 Å². The first-order chi connectivity index (χ1) is 7.41. The van der Waals surface area contributed by atoms with Gasteiger partial charge in [-0.25, -0.2) is 0 Å². The highest BCUT2D eigenvalue weighted by molar-refractivity contribution is 5.10. The topological polar surface area (TPSA) is 23.8 Å². The second-order valence-electron chi connectivity index (χ2n) is 3.41. The summed E-state index contributed by atoms with van der Waals surface area (Å²) in [6, 6.07) is 2.16. The molecule has 0 radical (unpaired) electrons. The summed E-state index contributed by atoms with van der Waals surface area (Å²) in [6.45, 7) is 2.13. The standard InChI is InChI=1S/C14H21N/c1-2-3-4-5-6-7-8-9-10-11-12-13-14-15/h3-8H,2,9-13H2,1H3/b4-3+,6-5+,8-7+. The summed E-state index contributed by atoms with van der Waals surface area (Å²) in [6.07, 6.45) is 18.9. The molecule has 0 aliphatic rings. The van der Waals surface area contributed by atoms with E-state index >= 15 is 0 Å². The van der Waals surface area contributed by atoms with E-state index in [-0.39, 0.29) is 0 Å². The third-order valence-corrected chi connectivity index (χ3v) is 2.00. The van der Waals surface area contributed by atoms with E-state index in [1.165, 1.54) is 6.42 Å². The van der Waals surface area contributed by atoms with Crippen molar-refractivity contribution in [1.29, 1.82) is 5.26 Å². The van der Waals surface area contributed by atoms with Gasteiger partial charge in [0.15, 0.2) is 0 Å². The molecule has 15 heavy (non-hydrogen) atoms. The van der Waals surface area contributed by atoms with Crippen LogP contribution < -0.4 is 0 Å². The molecule has 0 aromatic carbocycles. The van der Waals surface area contributed by atoms with Crippen molar-refractivity contribution in [2.45, 2.75) is 45.4 Å². The molecule has 0 aliphatic heterocycles. The molecule has 0 saturated heterocycles. The summed E-state index contributed by atoms with van der Waals surface area (Å²) in [5.41, 5.74) is 0. The average molecular weight is 203 g/mol. The molecule has 0 atom stereocenters. The zero-order valence-corrected chi connectivity index (χ0v) is 9.65. The summed E-state index contributed by atoms with van der Waals surface area (Å²) < 4.78 is 0. The molecular weight excluding hydrogens is 182 g/mol. The Morgan fingerprint density at radius 1 is 0.933 bits per heavy atom. The number of rotatable bonds is 8. The molecule has 0 amide bonds. The summed E-state index contributed by atoms with van der Waals surface area (Å²) in [4.78, 5) is 0. The lowest BCUT2D eigenvalue weighted by Gasteiger charge is -1.91. The van der Waals surface area contributed by atoms with Crippen LogP contribution >= 0.6 is 0 Å². The van der Waals surface area contributed by atoms with Crippen LogP contribution in [0.5, 0.6) is 0 Å². The van der Waals surface area contributed by atoms with Crippen LogP contribution in [0.3, 0.4) is 0 Å². The minimum Gasteiger partial charge on any atom is -0.198 e. The van der Waals surface area contributed by atoms with Crippen molar-refractivity contribution in [3.05, 3.63) is 36.5 Å². The van der Waals surface area contributed by atoms with Crippen molar-refractivity contribution >= 4 is 0 Å². The third kappa shape index (κ3) is 12.7. The van der Waals surface area contributed by atoms with Crippen molar-refractivity contribution in [2.24, 2.45) is 0 Å². The number of nitriles is 1. The van der Waals surface area contributed by atoms with Gasteiger partial charge in [-0.3, -0.25) is 0 Å². The van der Waals surface area contributed by atoms with Gasteiger partial charge in [-0.05, 0) is 25.7 Å². The largest absolute Gasteiger partial charge is 0.198 e. The fourth-order valence-electron chi connectivity index (χ4n) is 1.16. The number of nitrogens with zero attached hydrogens (tertiary/aromatic N) is 1. The van der Waals surface area contributed by atoms with E-state index in [2.05, 4.69) is 49.4 Å². The number of hydrogen-bond donors (Lipinski definition) is 0. The summed E-state index contributed by atoms with van der Waals surface area (Å²) >= 11 is 0. The molecule has 0 unspecified atom stereocenters. The fraction of sp³-hybridized carbons (Fsp3) is 0.500. The Morgan fingerprint density at radius 2 is 1.67 bits per heavy atom. The van der Waals surface area contributed by atoms with Crippen LogP contribution in [0.1, 0.15) is 45.4 Å². The molecule has 0 bridgehead atoms. The molecule has 0 spiro atoms. The predicted octanol–water partition coefficient (Wildman–Crippen LogP) is 4.54. The van der Waals surface area contributed by atoms with Gasteiger partial charge in [-0.15, -0.1) is 0 Å². The quantitative estimate of drug-likeness (QED) is 0.419. The first-order valence-corrected chi connectivity index (χ1v) is 5.77. The van der Waals surface area contributed by atoms with Crippen molar-refractivity contribution in [2.75, 3.05) is 0 Å². The van der Waals surface area contributed by atoms with Gasteiger partial charge in [0, 0.05) is 6.42 Å². The molecule has 1 nitrogen and oxygen atoms in total. The van der Waals surface area contributed by atoms with Gasteiger partial charge in [0.05, 0.1) is 6.07 Å². The van der Waals surface area contributed by atoms with Gasteiger partial charge in [-0.1, -0.05) is 49.8 Å². The Morgan fingerprint density at radius 3 is 2.33 bits per heavy atom. The second kappa shape index (κ2) is 12.7. The highest BCUT2D eigenvalue weighted by atomic mass is 14.2. The molecule has 1 heteroatoms. The van der Waals surface area contributed by atoms with Gasteiger partial charge < -0.3 is 0 Å². The van der Waals surface area contributed by atoms with Gasteiger partial charge in [0.1, 0.15) is 0 Å². The summed E-state index contributed by atoms with van der Waals surface area (Å²) in [5.74, 6) is 0. The Kier molecular flexibility index (Phi) is 11.6. The normalized spacial score (nSPS) is 11.7. The smallest absolute Gasteiger partial charge is 0.0621 e. The zero-order valence-electron chi connectivity index (χ0n) is 9.65. The van der Waals surface area contributed by atoms with Crippen molar-refractivity contribution < 1.29 is 0 Å². The first-order valence-electron chi connectivity index (χ1n) is 5.77. The highest BCUT2D eigenvalue weighted by Gasteiger charge is 1.85. The van der Waals surface area contributed by atoms with Gasteiger partial charge in [-0.2, -0.15) is 5.26 Å². The van der Waals surface area contributed by atoms with E-state index in [4.69, 9.17) is 5.26 Å². The van der Waals surface area contributed by atoms with Crippen LogP contribution in [0.25, 0.3) is 0 Å². The molecular formula is C14H21N. The Bertz CT molecular complexity index is 241. The Balaban J connectivity index is 3.28. The SMILES string of the molecule is CC/C=C/C=C/C=C/CCCCCC#N. The van der Waals surface area contributed by atoms with Gasteiger partial charge in [0.2, 0.25) is 0 Å². The molecule has 0 rings (SSSR count). The van der Waals surface area contributed by atoms with Crippen molar-refractivity contribution in [1.82, 2.24) is 0 Å². The lowest BCUT2D eigenvalue weighted by atomic mass is 10.1. The van der Waals surface area contributed by atoms with Gasteiger partial charge >= 0.3 is 0 Å². The monoisotopic (exact) mass is 203 g/mol. The number of hydrogen-bond acceptors (Lipinski definition) is 1. The maximum atomic E-state index is 8.33. The average Bonchev–Trinajstić information content (AvgIpc) is 2.26. The van der Waals surface area contributed by atoms with E-state index in [1.807, 2.05) is 0 Å². The molecule has 82 valence electrons. The Labute approximate surface area is 93.8 Å². The predicted molar refractivity (Wildman–Crippen MR) is 66.4 cm³/mol. The lowest BCUT2D eigenvalue weighted by Crippen LogP contribution is -1.74. The van der Waals surface area contributed by atoms with E-state index in [1.54, 1.807) is 0 Å².